The van der Waals surface area contributed by atoms with Crippen molar-refractivity contribution in [3.05, 3.63) is 29.8 Å². The highest BCUT2D eigenvalue weighted by molar-refractivity contribution is 5.88. The molecule has 1 saturated carbocycles. The van der Waals surface area contributed by atoms with Crippen LogP contribution in [0, 0.1) is 5.92 Å². The van der Waals surface area contributed by atoms with E-state index in [1.165, 1.54) is 17.7 Å². The van der Waals surface area contributed by atoms with Gasteiger partial charge in [-0.05, 0) is 24.0 Å². The molecule has 2 aliphatic rings. The maximum absolute atomic E-state index is 4.44. The average molecular weight is 157 g/mol. The van der Waals surface area contributed by atoms with E-state index in [-0.39, 0.29) is 0 Å². The fraction of sp³-hybridized carbons (Fsp3) is 0.364. The van der Waals surface area contributed by atoms with Crippen LogP contribution in [-0.4, -0.2) is 6.21 Å². The molecule has 2 unspecified atom stereocenters. The second-order valence-corrected chi connectivity index (χ2v) is 3.92. The van der Waals surface area contributed by atoms with Crippen LogP contribution in [0.25, 0.3) is 0 Å². The topological polar surface area (TPSA) is 12.4 Å². The third-order valence-corrected chi connectivity index (χ3v) is 3.20. The molecule has 1 aromatic carbocycles. The summed E-state index contributed by atoms with van der Waals surface area (Å²) in [6, 6.07) is 8.49. The highest BCUT2D eigenvalue weighted by Gasteiger charge is 2.54. The molecule has 1 spiro atoms. The van der Waals surface area contributed by atoms with Gasteiger partial charge in [-0.2, -0.15) is 0 Å². The van der Waals surface area contributed by atoms with Gasteiger partial charge in [0.2, 0.25) is 0 Å². The minimum Gasteiger partial charge on any atom is -0.260 e. The molecule has 0 aromatic heterocycles. The van der Waals surface area contributed by atoms with Gasteiger partial charge in [0.05, 0.1) is 5.69 Å². The van der Waals surface area contributed by atoms with Crippen LogP contribution in [0.4, 0.5) is 5.69 Å². The Morgan fingerprint density at radius 1 is 1.42 bits per heavy atom. The molecule has 1 heteroatoms. The Kier molecular flexibility index (Phi) is 0.957. The van der Waals surface area contributed by atoms with Gasteiger partial charge in [0, 0.05) is 11.6 Å². The zero-order valence-corrected chi connectivity index (χ0v) is 7.12. The van der Waals surface area contributed by atoms with Crippen molar-refractivity contribution >= 4 is 11.9 Å². The molecule has 1 aliphatic heterocycles. The Morgan fingerprint density at radius 2 is 2.17 bits per heavy atom. The number of hydrogen-bond acceptors (Lipinski definition) is 1. The van der Waals surface area contributed by atoms with Gasteiger partial charge in [-0.3, -0.25) is 4.99 Å². The molecule has 60 valence electrons. The molecule has 12 heavy (non-hydrogen) atoms. The Labute approximate surface area is 72.1 Å². The number of nitrogens with zero attached hydrogens (tertiary/aromatic N) is 1. The first-order valence-corrected chi connectivity index (χ1v) is 4.48. The molecule has 0 amide bonds. The van der Waals surface area contributed by atoms with Crippen molar-refractivity contribution in [1.82, 2.24) is 0 Å². The van der Waals surface area contributed by atoms with E-state index in [1.54, 1.807) is 0 Å². The van der Waals surface area contributed by atoms with E-state index in [0.29, 0.717) is 5.41 Å². The summed E-state index contributed by atoms with van der Waals surface area (Å²) in [5.41, 5.74) is 2.97. The minimum atomic E-state index is 0.344. The summed E-state index contributed by atoms with van der Waals surface area (Å²) in [7, 11) is 0. The summed E-state index contributed by atoms with van der Waals surface area (Å²) in [6.07, 6.45) is 3.43. The minimum absolute atomic E-state index is 0.344. The van der Waals surface area contributed by atoms with Gasteiger partial charge in [0.15, 0.2) is 0 Å². The quantitative estimate of drug-likeness (QED) is 0.549. The first-order valence-electron chi connectivity index (χ1n) is 4.48. The highest BCUT2D eigenvalue weighted by atomic mass is 14.8. The van der Waals surface area contributed by atoms with Crippen LogP contribution in [0.3, 0.4) is 0 Å². The number of rotatable bonds is 0. The smallest absolute Gasteiger partial charge is 0.0667 e. The van der Waals surface area contributed by atoms with Gasteiger partial charge in [-0.15, -0.1) is 0 Å². The number of fused-ring (bicyclic) bond motifs is 2. The molecular formula is C11H11N. The maximum Gasteiger partial charge on any atom is 0.0667 e. The highest BCUT2D eigenvalue weighted by Crippen LogP contribution is 2.57. The second-order valence-electron chi connectivity index (χ2n) is 3.92. The van der Waals surface area contributed by atoms with E-state index >= 15 is 0 Å². The molecule has 1 nitrogen and oxygen atoms in total. The van der Waals surface area contributed by atoms with E-state index in [0.717, 1.165) is 5.92 Å². The summed E-state index contributed by atoms with van der Waals surface area (Å²) < 4.78 is 0. The molecule has 0 radical (unpaired) electrons. The maximum atomic E-state index is 4.44. The van der Waals surface area contributed by atoms with Crippen molar-refractivity contribution in [3.63, 3.8) is 0 Å². The third-order valence-electron chi connectivity index (χ3n) is 3.20. The summed E-state index contributed by atoms with van der Waals surface area (Å²) in [4.78, 5) is 4.44. The van der Waals surface area contributed by atoms with Crippen molar-refractivity contribution in [2.45, 2.75) is 18.8 Å². The summed E-state index contributed by atoms with van der Waals surface area (Å²) >= 11 is 0. The molecule has 1 aromatic rings. The third kappa shape index (κ3) is 0.580. The van der Waals surface area contributed by atoms with Crippen molar-refractivity contribution in [1.29, 1.82) is 0 Å². The van der Waals surface area contributed by atoms with Gasteiger partial charge in [0.25, 0.3) is 0 Å². The van der Waals surface area contributed by atoms with Crippen molar-refractivity contribution < 1.29 is 0 Å². The lowest BCUT2D eigenvalue weighted by molar-refractivity contribution is 0.847. The van der Waals surface area contributed by atoms with Gasteiger partial charge in [-0.25, -0.2) is 0 Å². The van der Waals surface area contributed by atoms with Crippen LogP contribution in [0.15, 0.2) is 29.3 Å². The number of hydrogen-bond donors (Lipinski definition) is 0. The lowest BCUT2D eigenvalue weighted by Gasteiger charge is -2.05. The van der Waals surface area contributed by atoms with E-state index in [4.69, 9.17) is 0 Å². The monoisotopic (exact) mass is 157 g/mol. The molecule has 0 N–H and O–H groups in total. The van der Waals surface area contributed by atoms with Crippen LogP contribution in [0.5, 0.6) is 0 Å². The van der Waals surface area contributed by atoms with E-state index in [1.807, 2.05) is 0 Å². The summed E-state index contributed by atoms with van der Waals surface area (Å²) in [5, 5.41) is 0. The van der Waals surface area contributed by atoms with Gasteiger partial charge < -0.3 is 0 Å². The van der Waals surface area contributed by atoms with E-state index < -0.39 is 0 Å². The lowest BCUT2D eigenvalue weighted by atomic mass is 9.96. The number of para-hydroxylation sites is 1. The Bertz CT molecular complexity index is 367. The zero-order valence-electron chi connectivity index (χ0n) is 7.12. The normalized spacial score (nSPS) is 35.6. The number of benzene rings is 1. The Hall–Kier alpha value is -1.11. The van der Waals surface area contributed by atoms with Gasteiger partial charge >= 0.3 is 0 Å². The van der Waals surface area contributed by atoms with E-state index in [9.17, 15) is 0 Å². The molecule has 1 heterocycles. The van der Waals surface area contributed by atoms with Crippen LogP contribution in [0.1, 0.15) is 18.9 Å². The van der Waals surface area contributed by atoms with Crippen LogP contribution >= 0.6 is 0 Å². The fourth-order valence-corrected chi connectivity index (χ4v) is 2.24. The Balaban J connectivity index is 2.21. The predicted octanol–water partition coefficient (Wildman–Crippen LogP) is 2.68. The standard InChI is InChI=1S/C11H11N/c1-8-6-11(8)7-12-10-5-3-2-4-9(10)11/h2-5,7-8H,6H2,1H3. The summed E-state index contributed by atoms with van der Waals surface area (Å²) in [6.45, 7) is 2.30. The van der Waals surface area contributed by atoms with Gasteiger partial charge in [0.1, 0.15) is 0 Å². The van der Waals surface area contributed by atoms with Gasteiger partial charge in [-0.1, -0.05) is 25.1 Å². The molecule has 1 fully saturated rings. The molecular weight excluding hydrogens is 146 g/mol. The first-order chi connectivity index (χ1) is 5.83. The largest absolute Gasteiger partial charge is 0.260 e. The molecule has 3 rings (SSSR count). The average Bonchev–Trinajstić information content (AvgIpc) is 2.58. The Morgan fingerprint density at radius 3 is 2.92 bits per heavy atom. The SMILES string of the molecule is CC1CC12C=Nc1ccccc12. The van der Waals surface area contributed by atoms with Crippen molar-refractivity contribution in [2.75, 3.05) is 0 Å². The van der Waals surface area contributed by atoms with Crippen LogP contribution in [0.2, 0.25) is 0 Å². The van der Waals surface area contributed by atoms with Crippen LogP contribution < -0.4 is 0 Å². The second kappa shape index (κ2) is 1.79. The number of aliphatic imine (C=N–C) groups is 1. The first kappa shape index (κ1) is 6.41. The molecule has 0 saturated heterocycles. The van der Waals surface area contributed by atoms with Crippen molar-refractivity contribution in [2.24, 2.45) is 10.9 Å². The fourth-order valence-electron chi connectivity index (χ4n) is 2.24. The zero-order chi connectivity index (χ0) is 8.18. The molecule has 0 bridgehead atoms. The summed E-state index contributed by atoms with van der Waals surface area (Å²) in [5.74, 6) is 0.796. The van der Waals surface area contributed by atoms with E-state index in [2.05, 4.69) is 42.4 Å². The molecule has 1 aliphatic carbocycles. The predicted molar refractivity (Wildman–Crippen MR) is 50.1 cm³/mol. The van der Waals surface area contributed by atoms with Crippen LogP contribution in [-0.2, 0) is 5.41 Å². The molecule has 2 atom stereocenters. The lowest BCUT2D eigenvalue weighted by Crippen LogP contribution is -2.05. The van der Waals surface area contributed by atoms with Crippen molar-refractivity contribution in [3.8, 4) is 0 Å².